The standard InChI is InChI=1S/C20H23N3OS/c1-3-16-6-4-5-11-22(16)19(24)18-13-25-20-21-17(12-23(18)20)15-9-7-14(2)8-10-15/h7-10,12-13,16H,3-6,11H2,1-2H3. The van der Waals surface area contributed by atoms with E-state index in [-0.39, 0.29) is 5.91 Å². The van der Waals surface area contributed by atoms with E-state index in [1.54, 1.807) is 0 Å². The summed E-state index contributed by atoms with van der Waals surface area (Å²) in [6, 6.07) is 8.72. The van der Waals surface area contributed by atoms with E-state index >= 15 is 0 Å². The number of thiazole rings is 1. The van der Waals surface area contributed by atoms with Gasteiger partial charge in [0.2, 0.25) is 0 Å². The Morgan fingerprint density at radius 3 is 2.84 bits per heavy atom. The van der Waals surface area contributed by atoms with Gasteiger partial charge in [-0.05, 0) is 32.6 Å². The number of likely N-dealkylation sites (tertiary alicyclic amines) is 1. The summed E-state index contributed by atoms with van der Waals surface area (Å²) in [6.45, 7) is 5.12. The lowest BCUT2D eigenvalue weighted by Crippen LogP contribution is -2.43. The van der Waals surface area contributed by atoms with E-state index in [0.29, 0.717) is 6.04 Å². The summed E-state index contributed by atoms with van der Waals surface area (Å²) in [5.74, 6) is 0.144. The van der Waals surface area contributed by atoms with Crippen molar-refractivity contribution in [2.24, 2.45) is 0 Å². The molecule has 1 aliphatic rings. The maximum Gasteiger partial charge on any atom is 0.271 e. The molecule has 25 heavy (non-hydrogen) atoms. The summed E-state index contributed by atoms with van der Waals surface area (Å²) in [5, 5.41) is 1.95. The van der Waals surface area contributed by atoms with Gasteiger partial charge in [-0.3, -0.25) is 9.20 Å². The summed E-state index contributed by atoms with van der Waals surface area (Å²) in [7, 11) is 0. The first kappa shape index (κ1) is 16.3. The summed E-state index contributed by atoms with van der Waals surface area (Å²) in [4.78, 5) is 20.8. The Kier molecular flexibility index (Phi) is 4.34. The summed E-state index contributed by atoms with van der Waals surface area (Å²) in [6.07, 6.45) is 6.47. The molecule has 0 bridgehead atoms. The molecule has 1 unspecified atom stereocenters. The van der Waals surface area contributed by atoms with Gasteiger partial charge in [-0.15, -0.1) is 11.3 Å². The molecule has 1 saturated heterocycles. The molecule has 1 amide bonds. The summed E-state index contributed by atoms with van der Waals surface area (Å²) < 4.78 is 1.96. The van der Waals surface area contributed by atoms with E-state index in [0.717, 1.165) is 47.7 Å². The second-order valence-electron chi connectivity index (χ2n) is 6.82. The van der Waals surface area contributed by atoms with Gasteiger partial charge in [0, 0.05) is 29.7 Å². The molecule has 0 aliphatic carbocycles. The van der Waals surface area contributed by atoms with Crippen LogP contribution in [0.15, 0.2) is 35.8 Å². The average Bonchev–Trinajstić information content (AvgIpc) is 3.22. The molecular weight excluding hydrogens is 330 g/mol. The van der Waals surface area contributed by atoms with Crippen LogP contribution in [0.25, 0.3) is 16.2 Å². The summed E-state index contributed by atoms with van der Waals surface area (Å²) in [5.41, 5.74) is 3.98. The number of benzene rings is 1. The monoisotopic (exact) mass is 353 g/mol. The van der Waals surface area contributed by atoms with Crippen LogP contribution in [0.5, 0.6) is 0 Å². The van der Waals surface area contributed by atoms with Gasteiger partial charge >= 0.3 is 0 Å². The fraction of sp³-hybridized carbons (Fsp3) is 0.400. The highest BCUT2D eigenvalue weighted by Crippen LogP contribution is 2.27. The number of rotatable bonds is 3. The first-order chi connectivity index (χ1) is 12.2. The third-order valence-corrected chi connectivity index (χ3v) is 5.97. The van der Waals surface area contributed by atoms with Crippen LogP contribution in [0, 0.1) is 6.92 Å². The van der Waals surface area contributed by atoms with Crippen molar-refractivity contribution in [1.82, 2.24) is 14.3 Å². The van der Waals surface area contributed by atoms with E-state index in [2.05, 4.69) is 43.0 Å². The van der Waals surface area contributed by atoms with Gasteiger partial charge in [-0.25, -0.2) is 4.98 Å². The zero-order valence-corrected chi connectivity index (χ0v) is 15.6. The van der Waals surface area contributed by atoms with Crippen LogP contribution in [0.3, 0.4) is 0 Å². The number of hydrogen-bond acceptors (Lipinski definition) is 3. The van der Waals surface area contributed by atoms with Crippen LogP contribution < -0.4 is 0 Å². The number of imidazole rings is 1. The van der Waals surface area contributed by atoms with Gasteiger partial charge < -0.3 is 4.90 Å². The largest absolute Gasteiger partial charge is 0.334 e. The van der Waals surface area contributed by atoms with Crippen LogP contribution in [-0.2, 0) is 0 Å². The number of amides is 1. The van der Waals surface area contributed by atoms with Gasteiger partial charge in [0.1, 0.15) is 5.69 Å². The number of nitrogens with zero attached hydrogens (tertiary/aromatic N) is 3. The van der Waals surface area contributed by atoms with Gasteiger partial charge in [0.05, 0.1) is 5.69 Å². The number of aromatic nitrogens is 2. The van der Waals surface area contributed by atoms with Crippen LogP contribution in [-0.4, -0.2) is 32.8 Å². The maximum absolute atomic E-state index is 13.1. The van der Waals surface area contributed by atoms with Crippen LogP contribution in [0.4, 0.5) is 0 Å². The minimum atomic E-state index is 0.144. The number of aryl methyl sites for hydroxylation is 1. The number of hydrogen-bond donors (Lipinski definition) is 0. The zero-order chi connectivity index (χ0) is 17.4. The van der Waals surface area contributed by atoms with Gasteiger partial charge in [0.15, 0.2) is 4.96 Å². The average molecular weight is 353 g/mol. The fourth-order valence-electron chi connectivity index (χ4n) is 3.64. The molecular formula is C20H23N3OS. The lowest BCUT2D eigenvalue weighted by atomic mass is 10.00. The fourth-order valence-corrected chi connectivity index (χ4v) is 4.49. The Morgan fingerprint density at radius 2 is 2.08 bits per heavy atom. The lowest BCUT2D eigenvalue weighted by Gasteiger charge is -2.35. The highest BCUT2D eigenvalue weighted by Gasteiger charge is 2.28. The Labute approximate surface area is 152 Å². The number of piperidine rings is 1. The van der Waals surface area contributed by atoms with E-state index in [1.807, 2.05) is 16.0 Å². The number of carbonyl (C=O) groups excluding carboxylic acids is 1. The van der Waals surface area contributed by atoms with Gasteiger partial charge in [-0.1, -0.05) is 36.8 Å². The topological polar surface area (TPSA) is 37.6 Å². The Bertz CT molecular complexity index is 893. The molecule has 4 rings (SSSR count). The SMILES string of the molecule is CCC1CCCCN1C(=O)c1csc2nc(-c3ccc(C)cc3)cn12. The minimum absolute atomic E-state index is 0.144. The van der Waals surface area contributed by atoms with Crippen molar-refractivity contribution < 1.29 is 4.79 Å². The molecule has 2 aromatic heterocycles. The molecule has 5 heteroatoms. The van der Waals surface area contributed by atoms with Crippen molar-refractivity contribution in [3.05, 3.63) is 47.1 Å². The molecule has 1 aromatic carbocycles. The Morgan fingerprint density at radius 1 is 1.28 bits per heavy atom. The highest BCUT2D eigenvalue weighted by molar-refractivity contribution is 7.15. The van der Waals surface area contributed by atoms with Crippen LogP contribution in [0.1, 0.15) is 48.7 Å². The second-order valence-corrected chi connectivity index (χ2v) is 7.66. The predicted molar refractivity (Wildman–Crippen MR) is 102 cm³/mol. The van der Waals surface area contributed by atoms with E-state index in [9.17, 15) is 4.79 Å². The van der Waals surface area contributed by atoms with Crippen molar-refractivity contribution in [2.45, 2.75) is 45.6 Å². The Hall–Kier alpha value is -2.14. The van der Waals surface area contributed by atoms with Crippen molar-refractivity contribution in [3.63, 3.8) is 0 Å². The van der Waals surface area contributed by atoms with Gasteiger partial charge in [0.25, 0.3) is 5.91 Å². The summed E-state index contributed by atoms with van der Waals surface area (Å²) >= 11 is 1.54. The first-order valence-corrected chi connectivity index (χ1v) is 9.90. The van der Waals surface area contributed by atoms with Gasteiger partial charge in [-0.2, -0.15) is 0 Å². The molecule has 1 fully saturated rings. The predicted octanol–water partition coefficient (Wildman–Crippen LogP) is 4.78. The molecule has 0 N–H and O–H groups in total. The minimum Gasteiger partial charge on any atom is -0.334 e. The van der Waals surface area contributed by atoms with Crippen molar-refractivity contribution in [2.75, 3.05) is 6.54 Å². The highest BCUT2D eigenvalue weighted by atomic mass is 32.1. The molecule has 1 atom stereocenters. The molecule has 4 nitrogen and oxygen atoms in total. The first-order valence-electron chi connectivity index (χ1n) is 9.02. The number of carbonyl (C=O) groups is 1. The third kappa shape index (κ3) is 2.97. The third-order valence-electron chi connectivity index (χ3n) is 5.13. The van der Waals surface area contributed by atoms with Crippen molar-refractivity contribution in [1.29, 1.82) is 0 Å². The van der Waals surface area contributed by atoms with E-state index in [1.165, 1.54) is 23.3 Å². The number of fused-ring (bicyclic) bond motifs is 1. The molecule has 1 aliphatic heterocycles. The smallest absolute Gasteiger partial charge is 0.271 e. The lowest BCUT2D eigenvalue weighted by molar-refractivity contribution is 0.0601. The van der Waals surface area contributed by atoms with Crippen molar-refractivity contribution in [3.8, 4) is 11.3 Å². The quantitative estimate of drug-likeness (QED) is 0.680. The molecule has 130 valence electrons. The molecule has 0 radical (unpaired) electrons. The van der Waals surface area contributed by atoms with E-state index in [4.69, 9.17) is 4.98 Å². The molecule has 0 spiro atoms. The van der Waals surface area contributed by atoms with Crippen LogP contribution in [0.2, 0.25) is 0 Å². The molecule has 3 heterocycles. The van der Waals surface area contributed by atoms with E-state index < -0.39 is 0 Å². The molecule has 0 saturated carbocycles. The maximum atomic E-state index is 13.1. The second kappa shape index (κ2) is 6.64. The Balaban J connectivity index is 1.68. The normalized spacial score (nSPS) is 18.0. The van der Waals surface area contributed by atoms with Crippen LogP contribution >= 0.6 is 11.3 Å². The molecule has 3 aromatic rings. The van der Waals surface area contributed by atoms with Crippen molar-refractivity contribution >= 4 is 22.2 Å². The zero-order valence-electron chi connectivity index (χ0n) is 14.7.